The highest BCUT2D eigenvalue weighted by molar-refractivity contribution is 9.10. The number of hydrogen-bond acceptors (Lipinski definition) is 3. The van der Waals surface area contributed by atoms with E-state index in [1.165, 1.54) is 0 Å². The normalized spacial score (nSPS) is 12.0. The van der Waals surface area contributed by atoms with E-state index in [4.69, 9.17) is 21.1 Å². The van der Waals surface area contributed by atoms with Crippen LogP contribution in [0.3, 0.4) is 0 Å². The zero-order chi connectivity index (χ0) is 13.5. The summed E-state index contributed by atoms with van der Waals surface area (Å²) in [5.41, 5.74) is 0.952. The Kier molecular flexibility index (Phi) is 6.50. The van der Waals surface area contributed by atoms with E-state index in [-0.39, 0.29) is 11.3 Å². The van der Waals surface area contributed by atoms with Crippen molar-refractivity contribution in [2.45, 2.75) is 25.1 Å². The molecule has 1 unspecified atom stereocenters. The van der Waals surface area contributed by atoms with Gasteiger partial charge in [0.15, 0.2) is 0 Å². The summed E-state index contributed by atoms with van der Waals surface area (Å²) in [4.78, 5) is 11.2. The van der Waals surface area contributed by atoms with Crippen LogP contribution in [0.2, 0.25) is 0 Å². The fraction of sp³-hybridized carbons (Fsp3) is 0.462. The zero-order valence-corrected chi connectivity index (χ0v) is 12.8. The molecule has 1 atom stereocenters. The molecule has 0 heterocycles. The summed E-state index contributed by atoms with van der Waals surface area (Å²) < 4.78 is 10.9. The topological polar surface area (TPSA) is 35.5 Å². The first-order valence-corrected chi connectivity index (χ1v) is 6.94. The first-order chi connectivity index (χ1) is 8.58. The molecular formula is C13H16BrClO3. The van der Waals surface area contributed by atoms with E-state index >= 15 is 0 Å². The second-order valence-electron chi connectivity index (χ2n) is 3.71. The van der Waals surface area contributed by atoms with E-state index in [0.717, 1.165) is 15.8 Å². The van der Waals surface area contributed by atoms with Crippen LogP contribution in [0.15, 0.2) is 22.7 Å². The number of ether oxygens (including phenoxy) is 2. The number of carbonyl (C=O) groups excluding carboxylic acids is 1. The summed E-state index contributed by atoms with van der Waals surface area (Å²) in [6, 6.07) is 5.65. The van der Waals surface area contributed by atoms with E-state index in [0.29, 0.717) is 19.4 Å². The Morgan fingerprint density at radius 1 is 1.50 bits per heavy atom. The molecule has 0 aliphatic heterocycles. The van der Waals surface area contributed by atoms with Crippen LogP contribution < -0.4 is 4.74 Å². The Bertz CT molecular complexity index is 409. The molecule has 0 bridgehead atoms. The fourth-order valence-electron chi connectivity index (χ4n) is 1.52. The van der Waals surface area contributed by atoms with Crippen molar-refractivity contribution in [3.63, 3.8) is 0 Å². The van der Waals surface area contributed by atoms with E-state index < -0.39 is 0 Å². The summed E-state index contributed by atoms with van der Waals surface area (Å²) >= 11 is 9.65. The average Bonchev–Trinajstić information content (AvgIpc) is 2.36. The van der Waals surface area contributed by atoms with Crippen LogP contribution in [0, 0.1) is 0 Å². The standard InChI is InChI=1S/C13H16BrClO3/c1-3-18-13(16)7-5-11(15)9-4-6-12(17-2)10(14)8-9/h4,6,8,11H,3,5,7H2,1-2H3. The van der Waals surface area contributed by atoms with Crippen LogP contribution >= 0.6 is 27.5 Å². The van der Waals surface area contributed by atoms with Crippen LogP contribution in [0.1, 0.15) is 30.7 Å². The van der Waals surface area contributed by atoms with Gasteiger partial charge in [-0.2, -0.15) is 0 Å². The Morgan fingerprint density at radius 3 is 2.78 bits per heavy atom. The first-order valence-electron chi connectivity index (χ1n) is 5.71. The predicted molar refractivity (Wildman–Crippen MR) is 75.2 cm³/mol. The minimum Gasteiger partial charge on any atom is -0.496 e. The highest BCUT2D eigenvalue weighted by Crippen LogP contribution is 2.32. The van der Waals surface area contributed by atoms with Crippen molar-refractivity contribution in [1.82, 2.24) is 0 Å². The minimum absolute atomic E-state index is 0.211. The van der Waals surface area contributed by atoms with Crippen molar-refractivity contribution in [3.8, 4) is 5.75 Å². The number of alkyl halides is 1. The summed E-state index contributed by atoms with van der Waals surface area (Å²) in [5, 5.41) is -0.211. The van der Waals surface area contributed by atoms with Gasteiger partial charge in [0.2, 0.25) is 0 Å². The summed E-state index contributed by atoms with van der Waals surface area (Å²) in [6.45, 7) is 2.19. The van der Waals surface area contributed by atoms with Crippen molar-refractivity contribution in [3.05, 3.63) is 28.2 Å². The Labute approximate surface area is 121 Å². The van der Waals surface area contributed by atoms with Crippen molar-refractivity contribution >= 4 is 33.5 Å². The minimum atomic E-state index is -0.212. The lowest BCUT2D eigenvalue weighted by molar-refractivity contribution is -0.143. The fourth-order valence-corrected chi connectivity index (χ4v) is 2.33. The quantitative estimate of drug-likeness (QED) is 0.580. The van der Waals surface area contributed by atoms with Gasteiger partial charge < -0.3 is 9.47 Å². The van der Waals surface area contributed by atoms with E-state index in [9.17, 15) is 4.79 Å². The Balaban J connectivity index is 2.58. The molecule has 0 saturated heterocycles. The maximum absolute atomic E-state index is 11.2. The van der Waals surface area contributed by atoms with Gasteiger partial charge in [-0.1, -0.05) is 6.07 Å². The van der Waals surface area contributed by atoms with E-state index in [2.05, 4.69) is 15.9 Å². The van der Waals surface area contributed by atoms with Gasteiger partial charge in [0, 0.05) is 6.42 Å². The molecule has 100 valence electrons. The van der Waals surface area contributed by atoms with Gasteiger partial charge >= 0.3 is 5.97 Å². The molecule has 0 aliphatic rings. The third-order valence-electron chi connectivity index (χ3n) is 2.44. The lowest BCUT2D eigenvalue weighted by atomic mass is 10.1. The third kappa shape index (κ3) is 4.50. The number of halogens is 2. The second kappa shape index (κ2) is 7.64. The molecule has 0 aliphatic carbocycles. The summed E-state index contributed by atoms with van der Waals surface area (Å²) in [7, 11) is 1.61. The largest absolute Gasteiger partial charge is 0.496 e. The van der Waals surface area contributed by atoms with Gasteiger partial charge in [0.1, 0.15) is 5.75 Å². The number of esters is 1. The molecule has 18 heavy (non-hydrogen) atoms. The molecule has 0 fully saturated rings. The number of methoxy groups -OCH3 is 1. The second-order valence-corrected chi connectivity index (χ2v) is 5.09. The van der Waals surface area contributed by atoms with Gasteiger partial charge in [0.05, 0.1) is 23.6 Å². The Hall–Kier alpha value is -0.740. The van der Waals surface area contributed by atoms with Gasteiger partial charge in [-0.05, 0) is 47.0 Å². The molecule has 0 N–H and O–H groups in total. The zero-order valence-electron chi connectivity index (χ0n) is 10.4. The lowest BCUT2D eigenvalue weighted by Gasteiger charge is -2.11. The highest BCUT2D eigenvalue weighted by Gasteiger charge is 2.13. The number of carbonyl (C=O) groups is 1. The average molecular weight is 336 g/mol. The monoisotopic (exact) mass is 334 g/mol. The van der Waals surface area contributed by atoms with Crippen molar-refractivity contribution in [2.75, 3.05) is 13.7 Å². The number of hydrogen-bond donors (Lipinski definition) is 0. The van der Waals surface area contributed by atoms with Crippen molar-refractivity contribution in [2.24, 2.45) is 0 Å². The van der Waals surface area contributed by atoms with Crippen molar-refractivity contribution < 1.29 is 14.3 Å². The molecule has 1 rings (SSSR count). The van der Waals surface area contributed by atoms with Gasteiger partial charge in [-0.25, -0.2) is 0 Å². The summed E-state index contributed by atoms with van der Waals surface area (Å²) in [6.07, 6.45) is 0.880. The molecule has 3 nitrogen and oxygen atoms in total. The first kappa shape index (κ1) is 15.3. The van der Waals surface area contributed by atoms with Crippen LogP contribution in [-0.2, 0) is 9.53 Å². The van der Waals surface area contributed by atoms with Gasteiger partial charge in [-0.15, -0.1) is 11.6 Å². The highest BCUT2D eigenvalue weighted by atomic mass is 79.9. The molecule has 0 amide bonds. The molecule has 5 heteroatoms. The molecule has 0 spiro atoms. The van der Waals surface area contributed by atoms with Crippen LogP contribution in [0.5, 0.6) is 5.75 Å². The smallest absolute Gasteiger partial charge is 0.305 e. The Morgan fingerprint density at radius 2 is 2.22 bits per heavy atom. The number of benzene rings is 1. The van der Waals surface area contributed by atoms with Crippen LogP contribution in [-0.4, -0.2) is 19.7 Å². The molecule has 0 saturated carbocycles. The van der Waals surface area contributed by atoms with Crippen molar-refractivity contribution in [1.29, 1.82) is 0 Å². The molecule has 1 aromatic rings. The summed E-state index contributed by atoms with van der Waals surface area (Å²) in [5.74, 6) is 0.545. The third-order valence-corrected chi connectivity index (χ3v) is 3.53. The molecular weight excluding hydrogens is 319 g/mol. The predicted octanol–water partition coefficient (Wildman–Crippen LogP) is 4.08. The molecule has 1 aromatic carbocycles. The van der Waals surface area contributed by atoms with Gasteiger partial charge in [-0.3, -0.25) is 4.79 Å². The maximum Gasteiger partial charge on any atom is 0.305 e. The lowest BCUT2D eigenvalue weighted by Crippen LogP contribution is -2.05. The van der Waals surface area contributed by atoms with Crippen LogP contribution in [0.4, 0.5) is 0 Å². The van der Waals surface area contributed by atoms with E-state index in [1.807, 2.05) is 18.2 Å². The molecule has 0 radical (unpaired) electrons. The van der Waals surface area contributed by atoms with Gasteiger partial charge in [0.25, 0.3) is 0 Å². The van der Waals surface area contributed by atoms with Crippen LogP contribution in [0.25, 0.3) is 0 Å². The SMILES string of the molecule is CCOC(=O)CCC(Cl)c1ccc(OC)c(Br)c1. The van der Waals surface area contributed by atoms with E-state index in [1.54, 1.807) is 14.0 Å². The number of rotatable bonds is 6. The maximum atomic E-state index is 11.2. The molecule has 0 aromatic heterocycles.